The summed E-state index contributed by atoms with van der Waals surface area (Å²) in [6.45, 7) is 10.2. The molecule has 0 N–H and O–H groups in total. The van der Waals surface area contributed by atoms with E-state index in [9.17, 15) is 13.2 Å². The summed E-state index contributed by atoms with van der Waals surface area (Å²) in [6.07, 6.45) is 4.00. The van der Waals surface area contributed by atoms with E-state index in [1.165, 1.54) is 6.21 Å². The maximum absolute atomic E-state index is 11.9. The van der Waals surface area contributed by atoms with E-state index in [4.69, 9.17) is 0 Å². The van der Waals surface area contributed by atoms with Gasteiger partial charge < -0.3 is 0 Å². The number of aliphatic imine (C=N–C) groups is 1. The van der Waals surface area contributed by atoms with Crippen LogP contribution in [0.1, 0.15) is 26.7 Å². The Bertz CT molecular complexity index is 398. The molecule has 0 unspecified atom stereocenters. The first-order valence-corrected chi connectivity index (χ1v) is 6.06. The van der Waals surface area contributed by atoms with Crippen LogP contribution < -0.4 is 0 Å². The third kappa shape index (κ3) is 9.05. The fourth-order valence-electron chi connectivity index (χ4n) is 1.33. The number of hydrogen-bond acceptors (Lipinski definition) is 1. The van der Waals surface area contributed by atoms with E-state index < -0.39 is 12.7 Å². The van der Waals surface area contributed by atoms with Crippen LogP contribution in [-0.2, 0) is 0 Å². The monoisotopic (exact) mass is 271 g/mol. The van der Waals surface area contributed by atoms with Gasteiger partial charge in [0.2, 0.25) is 0 Å². The highest BCUT2D eigenvalue weighted by atomic mass is 19.4. The topological polar surface area (TPSA) is 12.4 Å². The summed E-state index contributed by atoms with van der Waals surface area (Å²) in [7, 11) is 0. The summed E-state index contributed by atoms with van der Waals surface area (Å²) in [4.78, 5) is 3.33. The van der Waals surface area contributed by atoms with E-state index in [0.717, 1.165) is 24.0 Å². The third-order valence-corrected chi connectivity index (χ3v) is 2.27. The van der Waals surface area contributed by atoms with Gasteiger partial charge in [-0.05, 0) is 30.1 Å². The molecule has 0 radical (unpaired) electrons. The lowest BCUT2D eigenvalue weighted by molar-refractivity contribution is -0.118. The van der Waals surface area contributed by atoms with Gasteiger partial charge in [-0.2, -0.15) is 13.2 Å². The molecule has 0 aromatic rings. The molecule has 0 aromatic carbocycles. The van der Waals surface area contributed by atoms with Gasteiger partial charge in [0.05, 0.1) is 0 Å². The highest BCUT2D eigenvalue weighted by molar-refractivity contribution is 5.78. The molecule has 0 heterocycles. The van der Waals surface area contributed by atoms with E-state index in [0.29, 0.717) is 5.57 Å². The summed E-state index contributed by atoms with van der Waals surface area (Å²) >= 11 is 0. The largest absolute Gasteiger partial charge is 0.407 e. The van der Waals surface area contributed by atoms with Gasteiger partial charge in [0.25, 0.3) is 0 Å². The van der Waals surface area contributed by atoms with Crippen molar-refractivity contribution in [3.05, 3.63) is 48.1 Å². The number of halogens is 3. The van der Waals surface area contributed by atoms with E-state index >= 15 is 0 Å². The summed E-state index contributed by atoms with van der Waals surface area (Å²) in [5.41, 5.74) is 2.51. The molecule has 0 saturated heterocycles. The summed E-state index contributed by atoms with van der Waals surface area (Å²) in [5.74, 6) is 0. The number of rotatable bonds is 7. The molecule has 19 heavy (non-hydrogen) atoms. The van der Waals surface area contributed by atoms with Gasteiger partial charge in [-0.1, -0.05) is 44.7 Å². The molecule has 0 atom stereocenters. The molecule has 0 amide bonds. The van der Waals surface area contributed by atoms with Crippen LogP contribution in [0.4, 0.5) is 13.2 Å². The molecule has 0 saturated carbocycles. The Morgan fingerprint density at radius 3 is 2.37 bits per heavy atom. The Balaban J connectivity index is 4.66. The van der Waals surface area contributed by atoms with Gasteiger partial charge in [0.15, 0.2) is 0 Å². The molecule has 106 valence electrons. The molecule has 0 fully saturated rings. The number of alkyl halides is 3. The van der Waals surface area contributed by atoms with Crippen molar-refractivity contribution in [1.82, 2.24) is 0 Å². The lowest BCUT2D eigenvalue weighted by Gasteiger charge is -2.03. The van der Waals surface area contributed by atoms with Crippen LogP contribution in [0.25, 0.3) is 0 Å². The third-order valence-electron chi connectivity index (χ3n) is 2.27. The van der Waals surface area contributed by atoms with Crippen LogP contribution in [0.5, 0.6) is 0 Å². The fourth-order valence-corrected chi connectivity index (χ4v) is 1.33. The van der Waals surface area contributed by atoms with E-state index in [1.54, 1.807) is 25.2 Å². The van der Waals surface area contributed by atoms with Gasteiger partial charge in [-0.15, -0.1) is 0 Å². The van der Waals surface area contributed by atoms with Gasteiger partial charge in [-0.25, -0.2) is 0 Å². The average Bonchev–Trinajstić information content (AvgIpc) is 2.28. The Kier molecular flexibility index (Phi) is 7.80. The highest BCUT2D eigenvalue weighted by Crippen LogP contribution is 2.16. The van der Waals surface area contributed by atoms with Crippen molar-refractivity contribution in [3.63, 3.8) is 0 Å². The predicted molar refractivity (Wildman–Crippen MR) is 75.5 cm³/mol. The first kappa shape index (κ1) is 17.4. The smallest absolute Gasteiger partial charge is 0.283 e. The van der Waals surface area contributed by atoms with Crippen molar-refractivity contribution in [2.45, 2.75) is 32.9 Å². The average molecular weight is 271 g/mol. The summed E-state index contributed by atoms with van der Waals surface area (Å²) in [5, 5.41) is 0. The quantitative estimate of drug-likeness (QED) is 0.454. The Morgan fingerprint density at radius 2 is 1.89 bits per heavy atom. The van der Waals surface area contributed by atoms with Crippen LogP contribution in [-0.4, -0.2) is 18.9 Å². The van der Waals surface area contributed by atoms with Crippen LogP contribution >= 0.6 is 0 Å². The van der Waals surface area contributed by atoms with Crippen LogP contribution in [0, 0.1) is 0 Å². The maximum atomic E-state index is 11.9. The first-order valence-electron chi connectivity index (χ1n) is 6.06. The van der Waals surface area contributed by atoms with Crippen molar-refractivity contribution in [3.8, 4) is 0 Å². The van der Waals surface area contributed by atoms with Crippen molar-refractivity contribution < 1.29 is 13.2 Å². The standard InChI is InChI=1S/C15H20F3N/c1-5-7-13(4)14(6-2)9-8-12(3)10-19-11-15(16,17)18/h6,8-10H,2,4-5,7,11H2,1,3H3/b12-8+,14-9+,19-10+. The molecule has 0 aromatic heterocycles. The lowest BCUT2D eigenvalue weighted by Crippen LogP contribution is -2.11. The first-order chi connectivity index (χ1) is 8.80. The molecule has 0 rings (SSSR count). The van der Waals surface area contributed by atoms with Crippen LogP contribution in [0.15, 0.2) is 53.1 Å². The molecule has 4 heteroatoms. The molecule has 0 bridgehead atoms. The molecule has 0 spiro atoms. The Hall–Kier alpha value is -1.58. The van der Waals surface area contributed by atoms with Gasteiger partial charge in [0.1, 0.15) is 6.54 Å². The van der Waals surface area contributed by atoms with E-state index in [1.807, 2.05) is 0 Å². The number of hydrogen-bond donors (Lipinski definition) is 0. The number of allylic oxidation sites excluding steroid dienone is 6. The normalized spacial score (nSPS) is 13.9. The molecule has 0 aliphatic rings. The lowest BCUT2D eigenvalue weighted by atomic mass is 10.0. The van der Waals surface area contributed by atoms with Crippen LogP contribution in [0.2, 0.25) is 0 Å². The predicted octanol–water partition coefficient (Wildman–Crippen LogP) is 5.03. The molecule has 0 aliphatic heterocycles. The van der Waals surface area contributed by atoms with E-state index in [-0.39, 0.29) is 0 Å². The van der Waals surface area contributed by atoms with Gasteiger partial charge in [0, 0.05) is 6.21 Å². The maximum Gasteiger partial charge on any atom is 0.407 e. The summed E-state index contributed by atoms with van der Waals surface area (Å²) < 4.78 is 35.7. The molecule has 0 aliphatic carbocycles. The van der Waals surface area contributed by atoms with Crippen molar-refractivity contribution in [2.75, 3.05) is 6.54 Å². The second-order valence-corrected chi connectivity index (χ2v) is 4.18. The second-order valence-electron chi connectivity index (χ2n) is 4.18. The zero-order valence-corrected chi connectivity index (χ0v) is 11.4. The Morgan fingerprint density at radius 1 is 1.26 bits per heavy atom. The minimum Gasteiger partial charge on any atom is -0.283 e. The van der Waals surface area contributed by atoms with Gasteiger partial charge >= 0.3 is 6.18 Å². The SMILES string of the molecule is C=C\C(=C/C=C(C)/C=N/CC(F)(F)F)C(=C)CCC. The highest BCUT2D eigenvalue weighted by Gasteiger charge is 2.25. The van der Waals surface area contributed by atoms with Crippen LogP contribution in [0.3, 0.4) is 0 Å². The zero-order valence-electron chi connectivity index (χ0n) is 11.4. The molecular formula is C15H20F3N. The summed E-state index contributed by atoms with van der Waals surface area (Å²) in [6, 6.07) is 0. The minimum atomic E-state index is -4.26. The Labute approximate surface area is 112 Å². The fraction of sp³-hybridized carbons (Fsp3) is 0.400. The molecule has 1 nitrogen and oxygen atoms in total. The number of nitrogens with zero attached hydrogens (tertiary/aromatic N) is 1. The van der Waals surface area contributed by atoms with Crippen molar-refractivity contribution in [1.29, 1.82) is 0 Å². The van der Waals surface area contributed by atoms with Gasteiger partial charge in [-0.3, -0.25) is 4.99 Å². The van der Waals surface area contributed by atoms with E-state index in [2.05, 4.69) is 25.1 Å². The van der Waals surface area contributed by atoms with Crippen molar-refractivity contribution >= 4 is 6.21 Å². The van der Waals surface area contributed by atoms with Crippen molar-refractivity contribution in [2.24, 2.45) is 4.99 Å². The minimum absolute atomic E-state index is 0.646. The zero-order chi connectivity index (χ0) is 14.9. The molecular weight excluding hydrogens is 251 g/mol. The second kappa shape index (κ2) is 8.51.